The summed E-state index contributed by atoms with van der Waals surface area (Å²) < 4.78 is 4.74. The van der Waals surface area contributed by atoms with Gasteiger partial charge in [-0.2, -0.15) is 0 Å². The van der Waals surface area contributed by atoms with E-state index in [-0.39, 0.29) is 23.7 Å². The van der Waals surface area contributed by atoms with Crippen molar-refractivity contribution >= 4 is 11.9 Å². The van der Waals surface area contributed by atoms with E-state index in [1.165, 1.54) is 7.11 Å². The lowest BCUT2D eigenvalue weighted by atomic mass is 9.82. The van der Waals surface area contributed by atoms with Crippen LogP contribution in [0.5, 0.6) is 0 Å². The number of rotatable bonds is 2. The molecule has 1 N–H and O–H groups in total. The summed E-state index contributed by atoms with van der Waals surface area (Å²) in [5.41, 5.74) is 0. The molecule has 0 bridgehead atoms. The van der Waals surface area contributed by atoms with Crippen molar-refractivity contribution in [3.05, 3.63) is 0 Å². The Morgan fingerprint density at radius 3 is 2.79 bits per heavy atom. The van der Waals surface area contributed by atoms with Gasteiger partial charge in [0.05, 0.1) is 13.0 Å². The quantitative estimate of drug-likeness (QED) is 0.649. The summed E-state index contributed by atoms with van der Waals surface area (Å²) >= 11 is 0. The van der Waals surface area contributed by atoms with Crippen LogP contribution in [0.4, 0.5) is 0 Å². The van der Waals surface area contributed by atoms with E-state index in [2.05, 4.69) is 5.32 Å². The molecule has 1 saturated carbocycles. The standard InChI is InChI=1S/C10H15NO3/c1-14-10(13)8-5-11-9(12)4-7(8)6-2-3-6/h6-8H,2-5H2,1H3,(H,11,12). The van der Waals surface area contributed by atoms with E-state index in [1.807, 2.05) is 0 Å². The molecule has 2 atom stereocenters. The molecule has 14 heavy (non-hydrogen) atoms. The van der Waals surface area contributed by atoms with Gasteiger partial charge in [0.2, 0.25) is 5.91 Å². The Hall–Kier alpha value is -1.06. The second kappa shape index (κ2) is 3.59. The molecule has 0 aromatic carbocycles. The van der Waals surface area contributed by atoms with Crippen LogP contribution in [0.2, 0.25) is 0 Å². The number of methoxy groups -OCH3 is 1. The molecule has 0 spiro atoms. The van der Waals surface area contributed by atoms with Gasteiger partial charge in [-0.25, -0.2) is 0 Å². The van der Waals surface area contributed by atoms with Crippen molar-refractivity contribution in [1.82, 2.24) is 5.32 Å². The largest absolute Gasteiger partial charge is 0.469 e. The van der Waals surface area contributed by atoms with E-state index in [9.17, 15) is 9.59 Å². The summed E-state index contributed by atoms with van der Waals surface area (Å²) in [5.74, 6) is 0.565. The van der Waals surface area contributed by atoms with Crippen molar-refractivity contribution in [1.29, 1.82) is 0 Å². The molecule has 1 saturated heterocycles. The lowest BCUT2D eigenvalue weighted by Gasteiger charge is -2.29. The maximum Gasteiger partial charge on any atom is 0.310 e. The van der Waals surface area contributed by atoms with E-state index >= 15 is 0 Å². The molecular weight excluding hydrogens is 182 g/mol. The average Bonchev–Trinajstić information content (AvgIpc) is 3.00. The van der Waals surface area contributed by atoms with Crippen LogP contribution in [0.25, 0.3) is 0 Å². The fourth-order valence-corrected chi connectivity index (χ4v) is 2.23. The van der Waals surface area contributed by atoms with Gasteiger partial charge in [-0.05, 0) is 24.7 Å². The molecule has 4 nitrogen and oxygen atoms in total. The highest BCUT2D eigenvalue weighted by Crippen LogP contribution is 2.43. The Morgan fingerprint density at radius 1 is 1.50 bits per heavy atom. The number of amides is 1. The van der Waals surface area contributed by atoms with Crippen LogP contribution in [0.3, 0.4) is 0 Å². The fraction of sp³-hybridized carbons (Fsp3) is 0.800. The molecule has 78 valence electrons. The Balaban J connectivity index is 2.05. The summed E-state index contributed by atoms with van der Waals surface area (Å²) in [6, 6.07) is 0. The Labute approximate surface area is 83.0 Å². The van der Waals surface area contributed by atoms with Gasteiger partial charge in [-0.3, -0.25) is 9.59 Å². The molecule has 0 aromatic heterocycles. The van der Waals surface area contributed by atoms with Crippen molar-refractivity contribution < 1.29 is 14.3 Å². The summed E-state index contributed by atoms with van der Waals surface area (Å²) in [6.45, 7) is 0.451. The number of hydrogen-bond donors (Lipinski definition) is 1. The number of carbonyl (C=O) groups is 2. The van der Waals surface area contributed by atoms with Gasteiger partial charge in [0.15, 0.2) is 0 Å². The summed E-state index contributed by atoms with van der Waals surface area (Å²) in [4.78, 5) is 22.6. The summed E-state index contributed by atoms with van der Waals surface area (Å²) in [7, 11) is 1.41. The number of carbonyl (C=O) groups excluding carboxylic acids is 2. The molecule has 2 fully saturated rings. The van der Waals surface area contributed by atoms with Crippen LogP contribution in [-0.4, -0.2) is 25.5 Å². The highest BCUT2D eigenvalue weighted by atomic mass is 16.5. The predicted octanol–water partition coefficient (Wildman–Crippen LogP) is 0.322. The summed E-state index contributed by atoms with van der Waals surface area (Å²) in [6.07, 6.45) is 2.81. The first-order valence-electron chi connectivity index (χ1n) is 5.07. The van der Waals surface area contributed by atoms with Gasteiger partial charge in [0.1, 0.15) is 0 Å². The lowest BCUT2D eigenvalue weighted by molar-refractivity contribution is -0.149. The van der Waals surface area contributed by atoms with Gasteiger partial charge in [0, 0.05) is 13.0 Å². The molecular formula is C10H15NO3. The van der Waals surface area contributed by atoms with Gasteiger partial charge >= 0.3 is 5.97 Å². The van der Waals surface area contributed by atoms with Crippen molar-refractivity contribution in [2.75, 3.05) is 13.7 Å². The highest BCUT2D eigenvalue weighted by molar-refractivity contribution is 5.81. The molecule has 1 aliphatic heterocycles. The third-order valence-corrected chi connectivity index (χ3v) is 3.19. The average molecular weight is 197 g/mol. The first kappa shape index (κ1) is 9.49. The summed E-state index contributed by atoms with van der Waals surface area (Å²) in [5, 5.41) is 2.72. The Bertz CT molecular complexity index is 260. The van der Waals surface area contributed by atoms with Crippen LogP contribution in [0.15, 0.2) is 0 Å². The van der Waals surface area contributed by atoms with Gasteiger partial charge < -0.3 is 10.1 Å². The smallest absolute Gasteiger partial charge is 0.310 e. The molecule has 0 radical (unpaired) electrons. The van der Waals surface area contributed by atoms with Gasteiger partial charge in [0.25, 0.3) is 0 Å². The molecule has 2 aliphatic rings. The van der Waals surface area contributed by atoms with Crippen LogP contribution in [0.1, 0.15) is 19.3 Å². The number of ether oxygens (including phenoxy) is 1. The SMILES string of the molecule is COC(=O)C1CNC(=O)CC1C1CC1. The third kappa shape index (κ3) is 1.74. The Morgan fingerprint density at radius 2 is 2.21 bits per heavy atom. The maximum atomic E-state index is 11.4. The van der Waals surface area contributed by atoms with Crippen LogP contribution in [-0.2, 0) is 14.3 Å². The van der Waals surface area contributed by atoms with E-state index in [1.54, 1.807) is 0 Å². The molecule has 1 heterocycles. The van der Waals surface area contributed by atoms with E-state index in [0.29, 0.717) is 18.9 Å². The third-order valence-electron chi connectivity index (χ3n) is 3.19. The molecule has 2 rings (SSSR count). The lowest BCUT2D eigenvalue weighted by Crippen LogP contribution is -2.45. The molecule has 0 aromatic rings. The number of esters is 1. The zero-order chi connectivity index (χ0) is 10.1. The second-order valence-electron chi connectivity index (χ2n) is 4.14. The first-order valence-corrected chi connectivity index (χ1v) is 5.07. The van der Waals surface area contributed by atoms with Crippen molar-refractivity contribution in [2.24, 2.45) is 17.8 Å². The van der Waals surface area contributed by atoms with E-state index < -0.39 is 0 Å². The number of piperidine rings is 1. The minimum absolute atomic E-state index is 0.0713. The zero-order valence-electron chi connectivity index (χ0n) is 8.29. The predicted molar refractivity (Wildman–Crippen MR) is 49.3 cm³/mol. The van der Waals surface area contributed by atoms with Crippen LogP contribution in [0, 0.1) is 17.8 Å². The topological polar surface area (TPSA) is 55.4 Å². The minimum Gasteiger partial charge on any atom is -0.469 e. The van der Waals surface area contributed by atoms with E-state index in [0.717, 1.165) is 12.8 Å². The number of nitrogens with one attached hydrogen (secondary N) is 1. The molecule has 1 aliphatic carbocycles. The van der Waals surface area contributed by atoms with Crippen molar-refractivity contribution in [2.45, 2.75) is 19.3 Å². The van der Waals surface area contributed by atoms with E-state index in [4.69, 9.17) is 4.74 Å². The highest BCUT2D eigenvalue weighted by Gasteiger charge is 2.43. The van der Waals surface area contributed by atoms with Gasteiger partial charge in [-0.15, -0.1) is 0 Å². The Kier molecular flexibility index (Phi) is 2.44. The first-order chi connectivity index (χ1) is 6.72. The normalized spacial score (nSPS) is 32.2. The van der Waals surface area contributed by atoms with Gasteiger partial charge in [-0.1, -0.05) is 0 Å². The zero-order valence-corrected chi connectivity index (χ0v) is 8.29. The second-order valence-corrected chi connectivity index (χ2v) is 4.14. The maximum absolute atomic E-state index is 11.4. The monoisotopic (exact) mass is 197 g/mol. The molecule has 2 unspecified atom stereocenters. The van der Waals surface area contributed by atoms with Crippen molar-refractivity contribution in [3.8, 4) is 0 Å². The number of hydrogen-bond acceptors (Lipinski definition) is 3. The fourth-order valence-electron chi connectivity index (χ4n) is 2.23. The van der Waals surface area contributed by atoms with Crippen LogP contribution < -0.4 is 5.32 Å². The molecule has 1 amide bonds. The molecule has 4 heteroatoms. The van der Waals surface area contributed by atoms with Crippen molar-refractivity contribution in [3.63, 3.8) is 0 Å². The van der Waals surface area contributed by atoms with Crippen LogP contribution >= 0.6 is 0 Å². The minimum atomic E-state index is -0.179.